The number of hydrogen-bond acceptors (Lipinski definition) is 3. The van der Waals surface area contributed by atoms with Crippen molar-refractivity contribution in [3.8, 4) is 0 Å². The van der Waals surface area contributed by atoms with E-state index >= 15 is 0 Å². The number of methoxy groups -OCH3 is 1. The fraction of sp³-hybridized carbons (Fsp3) is 0.588. The average molecular weight is 277 g/mol. The molecule has 3 heteroatoms. The minimum absolute atomic E-state index is 0.0244. The van der Waals surface area contributed by atoms with Gasteiger partial charge in [0.05, 0.1) is 0 Å². The van der Waals surface area contributed by atoms with Crippen molar-refractivity contribution in [2.75, 3.05) is 7.11 Å². The van der Waals surface area contributed by atoms with Crippen LogP contribution in [0.1, 0.15) is 51.3 Å². The number of aliphatic imine (C=N–C) groups is 1. The molecule has 0 fully saturated rings. The van der Waals surface area contributed by atoms with Crippen LogP contribution in [0.4, 0.5) is 0 Å². The van der Waals surface area contributed by atoms with Gasteiger partial charge in [0, 0.05) is 20.1 Å². The monoisotopic (exact) mass is 277 g/mol. The summed E-state index contributed by atoms with van der Waals surface area (Å²) in [4.78, 5) is 4.44. The molecule has 0 saturated heterocycles. The third-order valence-electron chi connectivity index (χ3n) is 3.25. The molecular weight excluding hydrogens is 250 g/mol. The summed E-state index contributed by atoms with van der Waals surface area (Å²) in [6.45, 7) is 10.2. The minimum Gasteiger partial charge on any atom is -0.475 e. The molecule has 20 heavy (non-hydrogen) atoms. The first kappa shape index (κ1) is 16.7. The number of rotatable bonds is 6. The zero-order valence-electron chi connectivity index (χ0n) is 13.5. The molecule has 1 aromatic rings. The Bertz CT molecular complexity index is 440. The molecule has 0 N–H and O–H groups in total. The zero-order chi connectivity index (χ0) is 15.1. The summed E-state index contributed by atoms with van der Waals surface area (Å²) in [5, 5.41) is 0. The van der Waals surface area contributed by atoms with Gasteiger partial charge in [-0.1, -0.05) is 31.2 Å². The van der Waals surface area contributed by atoms with Gasteiger partial charge in [-0.3, -0.25) is 4.99 Å². The van der Waals surface area contributed by atoms with Crippen molar-refractivity contribution in [2.45, 2.75) is 59.3 Å². The van der Waals surface area contributed by atoms with Gasteiger partial charge < -0.3 is 9.47 Å². The lowest BCUT2D eigenvalue weighted by atomic mass is 9.98. The molecule has 0 amide bonds. The quantitative estimate of drug-likeness (QED) is 0.573. The summed E-state index contributed by atoms with van der Waals surface area (Å²) < 4.78 is 11.7. The van der Waals surface area contributed by atoms with Crippen molar-refractivity contribution in [1.29, 1.82) is 0 Å². The lowest BCUT2D eigenvalue weighted by Crippen LogP contribution is -2.26. The number of hydrogen-bond donors (Lipinski definition) is 0. The van der Waals surface area contributed by atoms with E-state index in [1.165, 1.54) is 11.1 Å². The van der Waals surface area contributed by atoms with Crippen molar-refractivity contribution in [3.05, 3.63) is 35.4 Å². The summed E-state index contributed by atoms with van der Waals surface area (Å²) in [6, 6.07) is 8.52. The highest BCUT2D eigenvalue weighted by molar-refractivity contribution is 5.73. The highest BCUT2D eigenvalue weighted by atomic mass is 16.5. The zero-order valence-corrected chi connectivity index (χ0v) is 13.5. The maximum Gasteiger partial charge on any atom is 0.180 e. The molecule has 0 radical (unpaired) electrons. The second-order valence-electron chi connectivity index (χ2n) is 5.32. The average Bonchev–Trinajstić information content (AvgIpc) is 2.39. The molecular formula is C17H27NO2. The Morgan fingerprint density at radius 1 is 1.25 bits per heavy atom. The van der Waals surface area contributed by atoms with Crippen LogP contribution in [-0.4, -0.2) is 25.2 Å². The Labute approximate surface area is 123 Å². The molecule has 112 valence electrons. The van der Waals surface area contributed by atoms with E-state index in [0.717, 1.165) is 12.3 Å². The van der Waals surface area contributed by atoms with Gasteiger partial charge in [-0.25, -0.2) is 0 Å². The number of ether oxygens (including phenoxy) is 2. The fourth-order valence-electron chi connectivity index (χ4n) is 2.36. The third-order valence-corrected chi connectivity index (χ3v) is 3.25. The Kier molecular flexibility index (Phi) is 6.73. The van der Waals surface area contributed by atoms with Gasteiger partial charge >= 0.3 is 0 Å². The van der Waals surface area contributed by atoms with E-state index in [9.17, 15) is 0 Å². The van der Waals surface area contributed by atoms with Gasteiger partial charge in [-0.05, 0) is 38.3 Å². The van der Waals surface area contributed by atoms with E-state index < -0.39 is 0 Å². The van der Waals surface area contributed by atoms with E-state index in [1.54, 1.807) is 7.11 Å². The molecule has 2 unspecified atom stereocenters. The van der Waals surface area contributed by atoms with Gasteiger partial charge in [0.2, 0.25) is 0 Å². The lowest BCUT2D eigenvalue weighted by Gasteiger charge is -2.27. The molecule has 0 aliphatic rings. The van der Waals surface area contributed by atoms with Gasteiger partial charge in [0.25, 0.3) is 0 Å². The van der Waals surface area contributed by atoms with Gasteiger partial charge in [-0.2, -0.15) is 0 Å². The fourth-order valence-corrected chi connectivity index (χ4v) is 2.36. The molecule has 1 aromatic carbocycles. The molecule has 3 nitrogen and oxygen atoms in total. The van der Waals surface area contributed by atoms with Crippen molar-refractivity contribution in [1.82, 2.24) is 0 Å². The standard InChI is InChI=1S/C17H27NO2/c1-7-16(20-14(5)18-12(2)3)17(19-6)15-11-9-8-10-13(15)4/h8-12,16-17H,7H2,1-6H3. The van der Waals surface area contributed by atoms with Gasteiger partial charge in [-0.15, -0.1) is 0 Å². The molecule has 2 atom stereocenters. The molecule has 0 bridgehead atoms. The molecule has 0 saturated carbocycles. The van der Waals surface area contributed by atoms with E-state index in [1.807, 2.05) is 32.9 Å². The summed E-state index contributed by atoms with van der Waals surface area (Å²) in [6.07, 6.45) is 0.778. The number of benzene rings is 1. The van der Waals surface area contributed by atoms with Crippen LogP contribution in [0.5, 0.6) is 0 Å². The Balaban J connectivity index is 2.93. The van der Waals surface area contributed by atoms with Crippen LogP contribution in [0.2, 0.25) is 0 Å². The van der Waals surface area contributed by atoms with Crippen LogP contribution in [0.15, 0.2) is 29.3 Å². The third kappa shape index (κ3) is 4.64. The van der Waals surface area contributed by atoms with Crippen LogP contribution >= 0.6 is 0 Å². The second-order valence-corrected chi connectivity index (χ2v) is 5.32. The van der Waals surface area contributed by atoms with Crippen molar-refractivity contribution < 1.29 is 9.47 Å². The highest BCUT2D eigenvalue weighted by Gasteiger charge is 2.25. The van der Waals surface area contributed by atoms with Crippen LogP contribution in [0.25, 0.3) is 0 Å². The molecule has 0 heterocycles. The molecule has 1 rings (SSSR count). The SMILES string of the molecule is CCC(OC(C)=NC(C)C)C(OC)c1ccccc1C. The number of aryl methyl sites for hydroxylation is 1. The first-order valence-electron chi connectivity index (χ1n) is 7.28. The van der Waals surface area contributed by atoms with Crippen molar-refractivity contribution in [3.63, 3.8) is 0 Å². The van der Waals surface area contributed by atoms with Crippen LogP contribution in [-0.2, 0) is 9.47 Å². The predicted octanol–water partition coefficient (Wildman–Crippen LogP) is 4.30. The Morgan fingerprint density at radius 2 is 1.90 bits per heavy atom. The van der Waals surface area contributed by atoms with Crippen molar-refractivity contribution in [2.24, 2.45) is 4.99 Å². The van der Waals surface area contributed by atoms with E-state index in [0.29, 0.717) is 0 Å². The molecule has 0 aromatic heterocycles. The summed E-state index contributed by atoms with van der Waals surface area (Å²) in [5.41, 5.74) is 2.40. The second kappa shape index (κ2) is 8.05. The van der Waals surface area contributed by atoms with E-state index in [2.05, 4.69) is 31.0 Å². The Morgan fingerprint density at radius 3 is 2.40 bits per heavy atom. The largest absolute Gasteiger partial charge is 0.475 e. The first-order valence-corrected chi connectivity index (χ1v) is 7.28. The highest BCUT2D eigenvalue weighted by Crippen LogP contribution is 2.27. The maximum absolute atomic E-state index is 6.00. The van der Waals surface area contributed by atoms with Gasteiger partial charge in [0.1, 0.15) is 12.2 Å². The van der Waals surface area contributed by atoms with E-state index in [-0.39, 0.29) is 18.2 Å². The van der Waals surface area contributed by atoms with Gasteiger partial charge in [0.15, 0.2) is 5.90 Å². The lowest BCUT2D eigenvalue weighted by molar-refractivity contribution is -0.00835. The normalized spacial score (nSPS) is 15.2. The smallest absolute Gasteiger partial charge is 0.180 e. The topological polar surface area (TPSA) is 30.8 Å². The molecule has 0 aliphatic heterocycles. The summed E-state index contributed by atoms with van der Waals surface area (Å²) in [7, 11) is 1.73. The van der Waals surface area contributed by atoms with Crippen LogP contribution in [0, 0.1) is 6.92 Å². The van der Waals surface area contributed by atoms with E-state index in [4.69, 9.17) is 9.47 Å². The maximum atomic E-state index is 6.00. The predicted molar refractivity (Wildman–Crippen MR) is 84.3 cm³/mol. The summed E-state index contributed by atoms with van der Waals surface area (Å²) in [5.74, 6) is 0.725. The number of nitrogens with zero attached hydrogens (tertiary/aromatic N) is 1. The molecule has 0 aliphatic carbocycles. The van der Waals surface area contributed by atoms with Crippen LogP contribution in [0.3, 0.4) is 0 Å². The first-order chi connectivity index (χ1) is 9.49. The van der Waals surface area contributed by atoms with Crippen molar-refractivity contribution >= 4 is 5.90 Å². The minimum atomic E-state index is -0.0708. The van der Waals surface area contributed by atoms with Crippen LogP contribution < -0.4 is 0 Å². The Hall–Kier alpha value is -1.35. The molecule has 0 spiro atoms. The summed E-state index contributed by atoms with van der Waals surface area (Å²) >= 11 is 0.